The fraction of sp³-hybridized carbons (Fsp3) is 0.571. The fourth-order valence-corrected chi connectivity index (χ4v) is 3.02. The lowest BCUT2D eigenvalue weighted by atomic mass is 9.91. The van der Waals surface area contributed by atoms with Crippen molar-refractivity contribution in [3.63, 3.8) is 0 Å². The average Bonchev–Trinajstić information content (AvgIpc) is 2.33. The second-order valence-electron chi connectivity index (χ2n) is 4.97. The number of hydrogen-bond donors (Lipinski definition) is 0. The molecule has 1 aromatic carbocycles. The molecule has 1 fully saturated rings. The molecule has 3 heteroatoms. The summed E-state index contributed by atoms with van der Waals surface area (Å²) in [6.07, 6.45) is 2.56. The third-order valence-corrected chi connectivity index (χ3v) is 4.46. The van der Waals surface area contributed by atoms with E-state index in [2.05, 4.69) is 30.9 Å². The zero-order valence-corrected chi connectivity index (χ0v) is 11.9. The summed E-state index contributed by atoms with van der Waals surface area (Å²) >= 11 is 12.2. The Kier molecular flexibility index (Phi) is 4.22. The molecule has 0 aromatic heterocycles. The van der Waals surface area contributed by atoms with Crippen LogP contribution in [0.5, 0.6) is 0 Å². The van der Waals surface area contributed by atoms with Gasteiger partial charge in [0.2, 0.25) is 0 Å². The smallest absolute Gasteiger partial charge is 0.0642 e. The van der Waals surface area contributed by atoms with Crippen LogP contribution in [0.1, 0.15) is 32.3 Å². The molecule has 94 valence electrons. The number of benzene rings is 1. The van der Waals surface area contributed by atoms with Gasteiger partial charge >= 0.3 is 0 Å². The quantitative estimate of drug-likeness (QED) is 0.705. The minimum Gasteiger partial charge on any atom is -0.367 e. The number of piperidine rings is 1. The van der Waals surface area contributed by atoms with E-state index in [-0.39, 0.29) is 0 Å². The van der Waals surface area contributed by atoms with E-state index in [0.29, 0.717) is 11.9 Å². The number of nitrogens with zero attached hydrogens (tertiary/aromatic N) is 1. The van der Waals surface area contributed by atoms with Crippen molar-refractivity contribution in [2.24, 2.45) is 5.92 Å². The third kappa shape index (κ3) is 2.71. The van der Waals surface area contributed by atoms with Crippen molar-refractivity contribution in [3.05, 3.63) is 28.8 Å². The lowest BCUT2D eigenvalue weighted by molar-refractivity contribution is 0.363. The molecule has 0 saturated carbocycles. The minimum atomic E-state index is 0.520. The van der Waals surface area contributed by atoms with E-state index in [1.54, 1.807) is 0 Å². The molecule has 2 rings (SSSR count). The second-order valence-corrected chi connectivity index (χ2v) is 5.65. The molecule has 17 heavy (non-hydrogen) atoms. The van der Waals surface area contributed by atoms with Crippen molar-refractivity contribution < 1.29 is 0 Å². The van der Waals surface area contributed by atoms with Gasteiger partial charge in [0.15, 0.2) is 0 Å². The van der Waals surface area contributed by atoms with E-state index >= 15 is 0 Å². The van der Waals surface area contributed by atoms with Gasteiger partial charge in [0.1, 0.15) is 0 Å². The topological polar surface area (TPSA) is 3.24 Å². The molecule has 0 spiro atoms. The fourth-order valence-electron chi connectivity index (χ4n) is 2.54. The van der Waals surface area contributed by atoms with Crippen LogP contribution in [0.15, 0.2) is 18.2 Å². The van der Waals surface area contributed by atoms with Crippen molar-refractivity contribution >= 4 is 28.9 Å². The molecule has 0 amide bonds. The van der Waals surface area contributed by atoms with Crippen molar-refractivity contribution in [1.29, 1.82) is 0 Å². The summed E-state index contributed by atoms with van der Waals surface area (Å²) in [6, 6.07) is 6.72. The Morgan fingerprint density at radius 3 is 2.76 bits per heavy atom. The Bertz CT molecular complexity index is 392. The van der Waals surface area contributed by atoms with Crippen LogP contribution in [0.25, 0.3) is 0 Å². The number of halogens is 2. The zero-order chi connectivity index (χ0) is 12.4. The highest BCUT2D eigenvalue weighted by Gasteiger charge is 2.25. The van der Waals surface area contributed by atoms with Crippen LogP contribution in [0.2, 0.25) is 5.02 Å². The van der Waals surface area contributed by atoms with E-state index < -0.39 is 0 Å². The van der Waals surface area contributed by atoms with Crippen molar-refractivity contribution in [3.8, 4) is 0 Å². The Morgan fingerprint density at radius 2 is 2.12 bits per heavy atom. The number of rotatable bonds is 2. The first-order chi connectivity index (χ1) is 8.13. The van der Waals surface area contributed by atoms with Crippen LogP contribution in [-0.4, -0.2) is 12.6 Å². The molecule has 0 N–H and O–H groups in total. The maximum absolute atomic E-state index is 6.35. The molecule has 1 heterocycles. The Hall–Kier alpha value is -0.400. The van der Waals surface area contributed by atoms with E-state index in [0.717, 1.165) is 28.7 Å². The van der Waals surface area contributed by atoms with Gasteiger partial charge in [0, 0.05) is 18.5 Å². The predicted octanol–water partition coefficient (Wildman–Crippen LogP) is 4.70. The van der Waals surface area contributed by atoms with E-state index in [4.69, 9.17) is 23.2 Å². The maximum Gasteiger partial charge on any atom is 0.0642 e. The summed E-state index contributed by atoms with van der Waals surface area (Å²) in [7, 11) is 0. The maximum atomic E-state index is 6.35. The highest BCUT2D eigenvalue weighted by atomic mass is 35.5. The lowest BCUT2D eigenvalue weighted by Crippen LogP contribution is -2.42. The largest absolute Gasteiger partial charge is 0.367 e. The van der Waals surface area contributed by atoms with Crippen LogP contribution in [-0.2, 0) is 5.88 Å². The second kappa shape index (κ2) is 5.49. The van der Waals surface area contributed by atoms with Crippen LogP contribution in [0.3, 0.4) is 0 Å². The van der Waals surface area contributed by atoms with Gasteiger partial charge in [-0.2, -0.15) is 0 Å². The summed E-state index contributed by atoms with van der Waals surface area (Å²) in [6.45, 7) is 5.71. The molecule has 1 aromatic rings. The first-order valence-corrected chi connectivity index (χ1v) is 7.15. The first-order valence-electron chi connectivity index (χ1n) is 6.24. The summed E-state index contributed by atoms with van der Waals surface area (Å²) in [5.74, 6) is 1.25. The highest BCUT2D eigenvalue weighted by Crippen LogP contribution is 2.34. The van der Waals surface area contributed by atoms with E-state index in [1.165, 1.54) is 12.8 Å². The Balaban J connectivity index is 2.27. The van der Waals surface area contributed by atoms with Crippen molar-refractivity contribution in [1.82, 2.24) is 0 Å². The molecule has 0 aliphatic carbocycles. The van der Waals surface area contributed by atoms with Crippen molar-refractivity contribution in [2.75, 3.05) is 11.4 Å². The molecular formula is C14H19Cl2N. The van der Waals surface area contributed by atoms with Gasteiger partial charge < -0.3 is 4.90 Å². The van der Waals surface area contributed by atoms with E-state index in [1.807, 2.05) is 6.07 Å². The lowest BCUT2D eigenvalue weighted by Gasteiger charge is -2.40. The van der Waals surface area contributed by atoms with Gasteiger partial charge in [0.05, 0.1) is 10.7 Å². The van der Waals surface area contributed by atoms with Crippen LogP contribution in [0.4, 0.5) is 5.69 Å². The van der Waals surface area contributed by atoms with Gasteiger partial charge in [-0.25, -0.2) is 0 Å². The minimum absolute atomic E-state index is 0.520. The van der Waals surface area contributed by atoms with Crippen LogP contribution < -0.4 is 4.90 Å². The zero-order valence-electron chi connectivity index (χ0n) is 10.4. The monoisotopic (exact) mass is 271 g/mol. The summed E-state index contributed by atoms with van der Waals surface area (Å²) < 4.78 is 0. The first kappa shape index (κ1) is 13.0. The molecule has 2 unspecified atom stereocenters. The molecule has 0 radical (unpaired) electrons. The van der Waals surface area contributed by atoms with E-state index in [9.17, 15) is 0 Å². The van der Waals surface area contributed by atoms with Gasteiger partial charge in [0.25, 0.3) is 0 Å². The summed E-state index contributed by atoms with van der Waals surface area (Å²) in [5.41, 5.74) is 2.23. The molecule has 1 aliphatic heterocycles. The van der Waals surface area contributed by atoms with Gasteiger partial charge in [-0.1, -0.05) is 24.6 Å². The third-order valence-electron chi connectivity index (χ3n) is 3.85. The SMILES string of the molecule is CC1CCCN(c2ccc(CCl)cc2Cl)C1C. The molecule has 1 aliphatic rings. The van der Waals surface area contributed by atoms with Gasteiger partial charge in [-0.15, -0.1) is 11.6 Å². The molecule has 2 atom stereocenters. The molecule has 0 bridgehead atoms. The van der Waals surface area contributed by atoms with Crippen LogP contribution >= 0.6 is 23.2 Å². The Morgan fingerprint density at radius 1 is 1.35 bits per heavy atom. The van der Waals surface area contributed by atoms with Crippen LogP contribution in [0, 0.1) is 5.92 Å². The highest BCUT2D eigenvalue weighted by molar-refractivity contribution is 6.33. The summed E-state index contributed by atoms with van der Waals surface area (Å²) in [5, 5.41) is 0.823. The molecule has 1 saturated heterocycles. The molecule has 1 nitrogen and oxygen atoms in total. The summed E-state index contributed by atoms with van der Waals surface area (Å²) in [4.78, 5) is 2.43. The number of alkyl halides is 1. The number of hydrogen-bond acceptors (Lipinski definition) is 1. The number of anilines is 1. The standard InChI is InChI=1S/C14H19Cl2N/c1-10-4-3-7-17(11(10)2)14-6-5-12(9-15)8-13(14)16/h5-6,8,10-11H,3-4,7,9H2,1-2H3. The Labute approximate surface area is 114 Å². The normalized spacial score (nSPS) is 25.1. The van der Waals surface area contributed by atoms with Gasteiger partial charge in [-0.3, -0.25) is 0 Å². The van der Waals surface area contributed by atoms with Gasteiger partial charge in [-0.05, 0) is 43.4 Å². The van der Waals surface area contributed by atoms with Crippen molar-refractivity contribution in [2.45, 2.75) is 38.6 Å². The molecular weight excluding hydrogens is 253 g/mol. The predicted molar refractivity (Wildman–Crippen MR) is 76.2 cm³/mol. The average molecular weight is 272 g/mol.